The van der Waals surface area contributed by atoms with Gasteiger partial charge >= 0.3 is 12.3 Å². The maximum atomic E-state index is 12.5. The molecule has 1 aromatic heterocycles. The van der Waals surface area contributed by atoms with Crippen LogP contribution in [-0.4, -0.2) is 28.9 Å². The maximum absolute atomic E-state index is 12.5. The fourth-order valence-corrected chi connectivity index (χ4v) is 1.13. The van der Waals surface area contributed by atoms with E-state index in [4.69, 9.17) is 11.6 Å². The van der Waals surface area contributed by atoms with Gasteiger partial charge in [0, 0.05) is 11.8 Å². The number of aromatic nitrogens is 2. The Labute approximate surface area is 93.8 Å². The first-order valence-corrected chi connectivity index (χ1v) is 4.60. The summed E-state index contributed by atoms with van der Waals surface area (Å²) in [5.41, 5.74) is 0.447. The zero-order valence-electron chi connectivity index (χ0n) is 8.15. The van der Waals surface area contributed by atoms with Crippen molar-refractivity contribution < 1.29 is 17.6 Å². The summed E-state index contributed by atoms with van der Waals surface area (Å²) in [6.07, 6.45) is -3.72. The molecular formula is C8H8ClF4N3. The molecule has 0 radical (unpaired) electrons. The van der Waals surface area contributed by atoms with Crippen LogP contribution in [0.5, 0.6) is 0 Å². The molecule has 0 aliphatic carbocycles. The van der Waals surface area contributed by atoms with Crippen molar-refractivity contribution in [2.45, 2.75) is 19.3 Å². The standard InChI is InChI=1S/C8H8ClF4N3/c1-4-2-5(16-7(9)15-4)14-3-8(12,13)6(10)11/h2,6H,3H2,1H3,(H,14,15,16). The number of hydrogen-bond acceptors (Lipinski definition) is 3. The molecule has 1 N–H and O–H groups in total. The number of halogens is 5. The Hall–Kier alpha value is -1.11. The van der Waals surface area contributed by atoms with Crippen molar-refractivity contribution in [1.29, 1.82) is 0 Å². The van der Waals surface area contributed by atoms with E-state index >= 15 is 0 Å². The van der Waals surface area contributed by atoms with Crippen LogP contribution < -0.4 is 5.32 Å². The van der Waals surface area contributed by atoms with Crippen LogP contribution in [0.4, 0.5) is 23.4 Å². The third-order valence-electron chi connectivity index (χ3n) is 1.65. The summed E-state index contributed by atoms with van der Waals surface area (Å²) >= 11 is 5.46. The molecule has 0 unspecified atom stereocenters. The highest BCUT2D eigenvalue weighted by molar-refractivity contribution is 6.28. The Kier molecular flexibility index (Phi) is 3.90. The Morgan fingerprint density at radius 3 is 2.56 bits per heavy atom. The topological polar surface area (TPSA) is 37.8 Å². The average molecular weight is 258 g/mol. The lowest BCUT2D eigenvalue weighted by atomic mass is 10.3. The van der Waals surface area contributed by atoms with Gasteiger partial charge in [0.2, 0.25) is 5.28 Å². The second-order valence-corrected chi connectivity index (χ2v) is 3.42. The lowest BCUT2D eigenvalue weighted by molar-refractivity contribution is -0.117. The molecule has 90 valence electrons. The van der Waals surface area contributed by atoms with Gasteiger partial charge in [0.15, 0.2) is 0 Å². The number of nitrogens with zero attached hydrogens (tertiary/aromatic N) is 2. The maximum Gasteiger partial charge on any atom is 0.324 e. The van der Waals surface area contributed by atoms with E-state index in [1.165, 1.54) is 6.07 Å². The van der Waals surface area contributed by atoms with Gasteiger partial charge < -0.3 is 5.32 Å². The molecule has 0 saturated heterocycles. The second-order valence-electron chi connectivity index (χ2n) is 3.08. The van der Waals surface area contributed by atoms with Gasteiger partial charge in [-0.15, -0.1) is 0 Å². The van der Waals surface area contributed by atoms with Crippen LogP contribution >= 0.6 is 11.6 Å². The van der Waals surface area contributed by atoms with Crippen molar-refractivity contribution in [3.8, 4) is 0 Å². The lowest BCUT2D eigenvalue weighted by Crippen LogP contribution is -2.35. The number of nitrogens with one attached hydrogen (secondary N) is 1. The van der Waals surface area contributed by atoms with Gasteiger partial charge in [0.25, 0.3) is 0 Å². The van der Waals surface area contributed by atoms with E-state index in [1.54, 1.807) is 6.92 Å². The molecule has 0 fully saturated rings. The van der Waals surface area contributed by atoms with Crippen LogP contribution in [0.15, 0.2) is 6.07 Å². The van der Waals surface area contributed by atoms with E-state index in [0.717, 1.165) is 0 Å². The summed E-state index contributed by atoms with van der Waals surface area (Å²) < 4.78 is 48.7. The minimum Gasteiger partial charge on any atom is -0.364 e. The minimum atomic E-state index is -4.11. The van der Waals surface area contributed by atoms with Crippen molar-refractivity contribution in [3.63, 3.8) is 0 Å². The van der Waals surface area contributed by atoms with Gasteiger partial charge in [-0.1, -0.05) is 0 Å². The number of rotatable bonds is 4. The molecule has 1 aromatic rings. The number of aryl methyl sites for hydroxylation is 1. The van der Waals surface area contributed by atoms with E-state index in [-0.39, 0.29) is 11.1 Å². The van der Waals surface area contributed by atoms with Crippen LogP contribution in [0, 0.1) is 6.92 Å². The first-order chi connectivity index (χ1) is 7.31. The Balaban J connectivity index is 2.68. The predicted molar refractivity (Wildman–Crippen MR) is 51.2 cm³/mol. The first kappa shape index (κ1) is 13.0. The fraction of sp³-hybridized carbons (Fsp3) is 0.500. The highest BCUT2D eigenvalue weighted by atomic mass is 35.5. The van der Waals surface area contributed by atoms with Crippen LogP contribution in [0.1, 0.15) is 5.69 Å². The monoisotopic (exact) mass is 257 g/mol. The Morgan fingerprint density at radius 2 is 2.06 bits per heavy atom. The molecule has 0 aliphatic rings. The fourth-order valence-electron chi connectivity index (χ4n) is 0.908. The first-order valence-electron chi connectivity index (χ1n) is 4.22. The molecule has 0 saturated carbocycles. The van der Waals surface area contributed by atoms with Gasteiger partial charge in [-0.2, -0.15) is 8.78 Å². The molecule has 0 atom stereocenters. The van der Waals surface area contributed by atoms with Crippen molar-refractivity contribution in [3.05, 3.63) is 17.0 Å². The van der Waals surface area contributed by atoms with Crippen molar-refractivity contribution in [1.82, 2.24) is 9.97 Å². The molecule has 16 heavy (non-hydrogen) atoms. The zero-order valence-corrected chi connectivity index (χ0v) is 8.90. The highest BCUT2D eigenvalue weighted by Gasteiger charge is 2.40. The van der Waals surface area contributed by atoms with E-state index in [1.807, 2.05) is 0 Å². The van der Waals surface area contributed by atoms with E-state index in [2.05, 4.69) is 15.3 Å². The molecule has 1 rings (SSSR count). The smallest absolute Gasteiger partial charge is 0.324 e. The van der Waals surface area contributed by atoms with Gasteiger partial charge in [-0.05, 0) is 18.5 Å². The SMILES string of the molecule is Cc1cc(NCC(F)(F)C(F)F)nc(Cl)n1. The van der Waals surface area contributed by atoms with E-state index < -0.39 is 18.9 Å². The molecule has 0 aromatic carbocycles. The van der Waals surface area contributed by atoms with Gasteiger partial charge in [0.05, 0.1) is 6.54 Å². The van der Waals surface area contributed by atoms with Crippen molar-refractivity contribution in [2.75, 3.05) is 11.9 Å². The quantitative estimate of drug-likeness (QED) is 0.666. The Morgan fingerprint density at radius 1 is 1.44 bits per heavy atom. The molecular weight excluding hydrogens is 250 g/mol. The lowest BCUT2D eigenvalue weighted by Gasteiger charge is -2.16. The van der Waals surface area contributed by atoms with Crippen LogP contribution in [0.2, 0.25) is 5.28 Å². The number of anilines is 1. The van der Waals surface area contributed by atoms with Crippen molar-refractivity contribution >= 4 is 17.4 Å². The minimum absolute atomic E-state index is 0.0159. The molecule has 0 amide bonds. The largest absolute Gasteiger partial charge is 0.364 e. The summed E-state index contributed by atoms with van der Waals surface area (Å²) in [5, 5.41) is 1.95. The third kappa shape index (κ3) is 3.48. The van der Waals surface area contributed by atoms with Crippen LogP contribution in [0.3, 0.4) is 0 Å². The third-order valence-corrected chi connectivity index (χ3v) is 1.82. The van der Waals surface area contributed by atoms with Crippen molar-refractivity contribution in [2.24, 2.45) is 0 Å². The highest BCUT2D eigenvalue weighted by Crippen LogP contribution is 2.23. The van der Waals surface area contributed by atoms with Gasteiger partial charge in [0.1, 0.15) is 5.82 Å². The molecule has 0 aliphatic heterocycles. The molecule has 1 heterocycles. The summed E-state index contributed by atoms with van der Waals surface area (Å²) in [4.78, 5) is 7.25. The normalized spacial score (nSPS) is 11.9. The van der Waals surface area contributed by atoms with Gasteiger partial charge in [-0.3, -0.25) is 0 Å². The number of hydrogen-bond donors (Lipinski definition) is 1. The molecule has 0 bridgehead atoms. The second kappa shape index (κ2) is 4.82. The molecule has 0 spiro atoms. The molecule has 3 nitrogen and oxygen atoms in total. The van der Waals surface area contributed by atoms with E-state index in [9.17, 15) is 17.6 Å². The summed E-state index contributed by atoms with van der Waals surface area (Å²) in [6, 6.07) is 1.33. The van der Waals surface area contributed by atoms with Gasteiger partial charge in [-0.25, -0.2) is 18.7 Å². The molecule has 8 heteroatoms. The number of alkyl halides is 4. The van der Waals surface area contributed by atoms with Crippen LogP contribution in [0.25, 0.3) is 0 Å². The average Bonchev–Trinajstić information content (AvgIpc) is 2.13. The predicted octanol–water partition coefficient (Wildman–Crippen LogP) is 2.75. The Bertz CT molecular complexity index is 352. The summed E-state index contributed by atoms with van der Waals surface area (Å²) in [5.74, 6) is -4.12. The summed E-state index contributed by atoms with van der Waals surface area (Å²) in [7, 11) is 0. The summed E-state index contributed by atoms with van der Waals surface area (Å²) in [6.45, 7) is 0.363. The zero-order chi connectivity index (χ0) is 12.3. The van der Waals surface area contributed by atoms with Crippen LogP contribution in [-0.2, 0) is 0 Å². The van der Waals surface area contributed by atoms with E-state index in [0.29, 0.717) is 5.69 Å².